The number of pyridine rings is 1. The topological polar surface area (TPSA) is 359 Å². The van der Waals surface area contributed by atoms with Crippen LogP contribution in [-0.2, 0) is 68.2 Å². The van der Waals surface area contributed by atoms with E-state index in [9.17, 15) is 52.2 Å². The highest BCUT2D eigenvalue weighted by atomic mass is 32.2. The zero-order valence-electron chi connectivity index (χ0n) is 54.1. The summed E-state index contributed by atoms with van der Waals surface area (Å²) in [5.74, 6) is -2.72. The summed E-state index contributed by atoms with van der Waals surface area (Å²) in [6, 6.07) is 12.5. The summed E-state index contributed by atoms with van der Waals surface area (Å²) < 4.78 is 58.9. The van der Waals surface area contributed by atoms with Crippen LogP contribution in [0, 0.1) is 13.8 Å². The number of aromatic nitrogens is 3. The highest BCUT2D eigenvalue weighted by Crippen LogP contribution is 2.27. The van der Waals surface area contributed by atoms with Crippen LogP contribution < -0.4 is 45.7 Å². The van der Waals surface area contributed by atoms with Crippen molar-refractivity contribution in [3.8, 4) is 11.5 Å². The number of nitrogens with one attached hydrogen (secondary N) is 7. The number of carbonyl (C=O) groups excluding carboxylic acids is 4. The molecule has 0 aliphatic carbocycles. The van der Waals surface area contributed by atoms with E-state index < -0.39 is 51.9 Å². The first-order valence-corrected chi connectivity index (χ1v) is 33.1. The molecule has 0 spiro atoms. The lowest BCUT2D eigenvalue weighted by Gasteiger charge is -2.31. The number of ether oxygens (including phenoxy) is 4. The molecule has 5 aromatic rings. The first-order chi connectivity index (χ1) is 45.1. The van der Waals surface area contributed by atoms with Crippen LogP contribution in [-0.4, -0.2) is 246 Å². The molecule has 4 amide bonds. The van der Waals surface area contributed by atoms with Gasteiger partial charge in [0.05, 0.1) is 56.5 Å². The van der Waals surface area contributed by atoms with E-state index >= 15 is 0 Å². The number of benzene rings is 3. The van der Waals surface area contributed by atoms with Gasteiger partial charge in [-0.05, 0) is 106 Å². The number of imidazole rings is 1. The Morgan fingerprint density at radius 2 is 1.29 bits per heavy atom. The van der Waals surface area contributed by atoms with Gasteiger partial charge in [0.1, 0.15) is 29.1 Å². The minimum absolute atomic E-state index is 0.0349. The average Bonchev–Trinajstić information content (AvgIpc) is 0.840. The quantitative estimate of drug-likeness (QED) is 0.0152. The summed E-state index contributed by atoms with van der Waals surface area (Å²) in [7, 11) is 1.26. The van der Waals surface area contributed by atoms with E-state index in [1.165, 1.54) is 32.2 Å². The van der Waals surface area contributed by atoms with Crippen LogP contribution in [0.5, 0.6) is 11.5 Å². The summed E-state index contributed by atoms with van der Waals surface area (Å²) in [6.07, 6.45) is 6.50. The number of likely N-dealkylation sites (N-methyl/N-ethyl adjacent to an activating group) is 2. The van der Waals surface area contributed by atoms with E-state index in [1.54, 1.807) is 54.3 Å². The van der Waals surface area contributed by atoms with Crippen LogP contribution in [0.15, 0.2) is 82.9 Å². The smallest absolute Gasteiger partial charge is 0.323 e. The molecule has 9 N–H and O–H groups in total. The second-order valence-electron chi connectivity index (χ2n) is 23.0. The van der Waals surface area contributed by atoms with Crippen molar-refractivity contribution in [2.24, 2.45) is 7.05 Å². The second-order valence-corrected chi connectivity index (χ2v) is 24.8. The van der Waals surface area contributed by atoms with Gasteiger partial charge in [-0.3, -0.25) is 43.4 Å². The number of aliphatic carboxylic acids is 2. The molecule has 94 heavy (non-hydrogen) atoms. The van der Waals surface area contributed by atoms with Gasteiger partial charge in [0.25, 0.3) is 5.91 Å². The number of carbonyl (C=O) groups is 6. The third kappa shape index (κ3) is 25.9. The number of carboxylic acid groups (broad SMARTS) is 2. The third-order valence-electron chi connectivity index (χ3n) is 15.4. The molecule has 1 saturated heterocycles. The molecule has 1 unspecified atom stereocenters. The molecule has 0 bridgehead atoms. The molecule has 1 fully saturated rings. The Bertz CT molecular complexity index is 3410. The van der Waals surface area contributed by atoms with Crippen molar-refractivity contribution >= 4 is 75.4 Å². The normalized spacial score (nSPS) is 14.7. The molecular weight excluding hydrogens is 1260 g/mol. The number of rotatable bonds is 38. The maximum atomic E-state index is 13.7. The number of thiol groups is 1. The van der Waals surface area contributed by atoms with Crippen LogP contribution in [0.1, 0.15) is 58.3 Å². The molecular formula is C63H91N13O16S2. The largest absolute Gasteiger partial charge is 0.494 e. The number of amides is 4. The van der Waals surface area contributed by atoms with E-state index in [4.69, 9.17) is 23.1 Å². The van der Waals surface area contributed by atoms with Gasteiger partial charge in [-0.1, -0.05) is 18.2 Å². The number of sulfonamides is 1. The Hall–Kier alpha value is -7.72. The van der Waals surface area contributed by atoms with Crippen molar-refractivity contribution < 1.29 is 70.5 Å². The monoisotopic (exact) mass is 1350 g/mol. The molecule has 6 rings (SSSR count). The van der Waals surface area contributed by atoms with Gasteiger partial charge in [-0.2, -0.15) is 4.72 Å². The van der Waals surface area contributed by atoms with Crippen molar-refractivity contribution in [3.63, 3.8) is 0 Å². The van der Waals surface area contributed by atoms with Gasteiger partial charge in [0, 0.05) is 149 Å². The van der Waals surface area contributed by atoms with E-state index in [0.717, 1.165) is 30.8 Å². The Kier molecular flexibility index (Phi) is 31.4. The van der Waals surface area contributed by atoms with Crippen molar-refractivity contribution in [1.29, 1.82) is 0 Å². The first kappa shape index (κ1) is 75.3. The maximum Gasteiger partial charge on any atom is 0.323 e. The molecule has 0 radical (unpaired) electrons. The fourth-order valence-corrected chi connectivity index (χ4v) is 12.0. The molecule has 1 aliphatic heterocycles. The van der Waals surface area contributed by atoms with E-state index in [1.807, 2.05) is 36.0 Å². The second kappa shape index (κ2) is 39.2. The fraction of sp³-hybridized carbons (Fsp3) is 0.524. The minimum atomic E-state index is -4.46. The van der Waals surface area contributed by atoms with E-state index in [0.29, 0.717) is 134 Å². The Labute approximate surface area is 553 Å². The van der Waals surface area contributed by atoms with E-state index in [2.05, 4.69) is 64.0 Å². The number of anilines is 1. The minimum Gasteiger partial charge on any atom is -0.494 e. The molecule has 3 heterocycles. The SMILES string of the molecule is Cc1cc(OCCCC(=O)NCCCOCCOCCOCCCNC(=O)[C@@H](Cc2ccc(OS)cc2)NC(=O)CN2CCN(C)CCN(C)CCN(CC(=O)O)CC2)cc(C)c1S(=O)(=O)NC(CNC(=O)c1cn(C)c2cc(CNc3ncc[nH]3)ccc2c1=O)C(=O)O. The van der Waals surface area contributed by atoms with Crippen LogP contribution in [0.2, 0.25) is 0 Å². The van der Waals surface area contributed by atoms with Gasteiger partial charge in [-0.15, -0.1) is 0 Å². The van der Waals surface area contributed by atoms with Crippen molar-refractivity contribution in [2.75, 3.05) is 151 Å². The van der Waals surface area contributed by atoms with Gasteiger partial charge in [0.15, 0.2) is 5.95 Å². The summed E-state index contributed by atoms with van der Waals surface area (Å²) in [4.78, 5) is 106. The number of aromatic amines is 1. The molecule has 31 heteroatoms. The lowest BCUT2D eigenvalue weighted by atomic mass is 10.0. The number of nitrogens with zero attached hydrogens (tertiary/aromatic N) is 6. The summed E-state index contributed by atoms with van der Waals surface area (Å²) in [5, 5.41) is 34.0. The number of hydrogen-bond donors (Lipinski definition) is 10. The third-order valence-corrected chi connectivity index (χ3v) is 17.4. The number of H-pyrrole nitrogens is 1. The summed E-state index contributed by atoms with van der Waals surface area (Å²) in [6.45, 7) is 10.9. The van der Waals surface area contributed by atoms with Gasteiger partial charge in [-0.25, -0.2) is 13.4 Å². The zero-order valence-corrected chi connectivity index (χ0v) is 55.8. The zero-order chi connectivity index (χ0) is 68.0. The molecule has 2 aromatic heterocycles. The number of hydrogen-bond acceptors (Lipinski definition) is 21. The van der Waals surface area contributed by atoms with E-state index in [-0.39, 0.29) is 77.2 Å². The predicted molar refractivity (Wildman–Crippen MR) is 355 cm³/mol. The first-order valence-electron chi connectivity index (χ1n) is 31.2. The van der Waals surface area contributed by atoms with Gasteiger partial charge >= 0.3 is 11.9 Å². The van der Waals surface area contributed by atoms with Crippen molar-refractivity contribution in [1.82, 2.24) is 60.1 Å². The number of carboxylic acids is 2. The molecule has 1 aliphatic rings. The number of fused-ring (bicyclic) bond motifs is 1. The average molecular weight is 1350 g/mol. The lowest BCUT2D eigenvalue weighted by Crippen LogP contribution is -2.52. The molecule has 516 valence electrons. The molecule has 0 saturated carbocycles. The Morgan fingerprint density at radius 1 is 0.691 bits per heavy atom. The van der Waals surface area contributed by atoms with Crippen molar-refractivity contribution in [3.05, 3.63) is 111 Å². The van der Waals surface area contributed by atoms with Crippen molar-refractivity contribution in [2.45, 2.75) is 69.5 Å². The molecule has 29 nitrogen and oxygen atoms in total. The molecule has 3 aromatic carbocycles. The summed E-state index contributed by atoms with van der Waals surface area (Å²) in [5.41, 5.74) is 1.91. The highest BCUT2D eigenvalue weighted by Gasteiger charge is 2.30. The Balaban J connectivity index is 0.808. The maximum absolute atomic E-state index is 13.7. The lowest BCUT2D eigenvalue weighted by molar-refractivity contribution is -0.139. The van der Waals surface area contributed by atoms with Crippen LogP contribution in [0.25, 0.3) is 10.9 Å². The van der Waals surface area contributed by atoms with Crippen LogP contribution in [0.3, 0.4) is 0 Å². The fourth-order valence-electron chi connectivity index (χ4n) is 10.2. The Morgan fingerprint density at radius 3 is 1.89 bits per heavy atom. The number of aryl methyl sites for hydroxylation is 3. The van der Waals surface area contributed by atoms with Gasteiger partial charge in [0.2, 0.25) is 33.2 Å². The van der Waals surface area contributed by atoms with Crippen LogP contribution in [0.4, 0.5) is 5.95 Å². The van der Waals surface area contributed by atoms with Crippen LogP contribution >= 0.6 is 12.9 Å². The highest BCUT2D eigenvalue weighted by molar-refractivity contribution is 7.89. The van der Waals surface area contributed by atoms with Gasteiger partial charge < -0.3 is 79.3 Å². The predicted octanol–water partition coefficient (Wildman–Crippen LogP) is 1.39. The molecule has 2 atom stereocenters. The summed E-state index contributed by atoms with van der Waals surface area (Å²) >= 11 is 3.86. The standard InChI is InChI=1S/C63H91N13O16S2/c1-44-35-49(36-45(2)59(44)94(86,87)71-53(62(84)85)40-68-60(82)51-41-74(5)54-38-47(12-15-50(54)58(51)81)39-69-63-66-18-19-67-63)91-30-6-9-55(77)64-16-7-28-88-31-33-90-34-32-89-29-8-17-65-61(83)52(37-46-10-13-48(92-93)14-11-46)70-56(78)42-75-24-22-72(3)20-21-73(4)23-25-76(27-26-75)43-57(79)80/h10-15,18-19,35-36,38,41,52-53,71,93H,6-9,16-17,20-34,37,39-40,42-43H2,1-5H3,(H,64,77)(H,65,83)(H,68,82)(H,70,78)(H,79,80)(H,84,85)(H2,66,67,69)/t52-,53?/m1/s1.